The number of rotatable bonds is 3. The highest BCUT2D eigenvalue weighted by Crippen LogP contribution is 2.40. The minimum atomic E-state index is -0.877. The Morgan fingerprint density at radius 2 is 1.76 bits per heavy atom. The maximum atomic E-state index is 12.7. The topological polar surface area (TPSA) is 74.6 Å². The van der Waals surface area contributed by atoms with Crippen LogP contribution >= 0.6 is 0 Å². The van der Waals surface area contributed by atoms with E-state index < -0.39 is 11.6 Å². The number of carbonyl (C=O) groups excluding carboxylic acids is 1. The van der Waals surface area contributed by atoms with E-state index in [1.165, 1.54) is 0 Å². The maximum Gasteiger partial charge on any atom is 0.307 e. The normalized spacial score (nSPS) is 16.1. The number of benzene rings is 2. The van der Waals surface area contributed by atoms with Crippen LogP contribution in [0.5, 0.6) is 0 Å². The van der Waals surface area contributed by atoms with Crippen molar-refractivity contribution in [1.29, 1.82) is 0 Å². The van der Waals surface area contributed by atoms with Crippen LogP contribution in [-0.2, 0) is 16.0 Å². The standard InChI is InChI=1S/C21H22O3.C4H10O/c1-13-10-14-6-4-5-7-15(14)20(16(13)11-19(23)24)17-12-21(2,3)9-8-18(17)22;1-4(2,3)5/h4-7,10,12H,8-9,11H2,1-3H3,(H,23,24);5H,1-3H3. The van der Waals surface area contributed by atoms with E-state index in [0.29, 0.717) is 12.0 Å². The summed E-state index contributed by atoms with van der Waals surface area (Å²) in [5.41, 5.74) is 2.60. The van der Waals surface area contributed by atoms with Crippen LogP contribution in [0.1, 0.15) is 64.2 Å². The van der Waals surface area contributed by atoms with Gasteiger partial charge in [-0.1, -0.05) is 50.3 Å². The second-order valence-electron chi connectivity index (χ2n) is 9.48. The molecule has 2 aromatic rings. The largest absolute Gasteiger partial charge is 0.481 e. The summed E-state index contributed by atoms with van der Waals surface area (Å²) in [5.74, 6) is -0.769. The van der Waals surface area contributed by atoms with Gasteiger partial charge in [-0.2, -0.15) is 0 Å². The number of fused-ring (bicyclic) bond motifs is 1. The minimum absolute atomic E-state index is 0.0609. The van der Waals surface area contributed by atoms with Crippen LogP contribution in [0.3, 0.4) is 0 Å². The van der Waals surface area contributed by atoms with Crippen molar-refractivity contribution in [3.63, 3.8) is 0 Å². The summed E-state index contributed by atoms with van der Waals surface area (Å²) in [6.45, 7) is 11.4. The van der Waals surface area contributed by atoms with Gasteiger partial charge < -0.3 is 10.2 Å². The number of aliphatic hydroxyl groups is 1. The summed E-state index contributed by atoms with van der Waals surface area (Å²) in [7, 11) is 0. The van der Waals surface area contributed by atoms with E-state index in [-0.39, 0.29) is 17.6 Å². The Kier molecular flexibility index (Phi) is 6.69. The third-order valence-electron chi connectivity index (χ3n) is 4.81. The van der Waals surface area contributed by atoms with E-state index in [0.717, 1.165) is 33.9 Å². The molecule has 1 aliphatic carbocycles. The number of carboxylic acids is 1. The van der Waals surface area contributed by atoms with E-state index in [1.807, 2.05) is 43.3 Å². The van der Waals surface area contributed by atoms with E-state index in [2.05, 4.69) is 13.8 Å². The highest BCUT2D eigenvalue weighted by molar-refractivity contribution is 6.25. The summed E-state index contributed by atoms with van der Waals surface area (Å²) in [4.78, 5) is 24.1. The molecule has 0 spiro atoms. The average Bonchev–Trinajstić information content (AvgIpc) is 2.56. The minimum Gasteiger partial charge on any atom is -0.481 e. The molecule has 2 N–H and O–H groups in total. The number of hydrogen-bond donors (Lipinski definition) is 2. The van der Waals surface area contributed by atoms with Crippen molar-refractivity contribution in [2.24, 2.45) is 5.41 Å². The van der Waals surface area contributed by atoms with Gasteiger partial charge in [-0.25, -0.2) is 0 Å². The molecule has 0 atom stereocenters. The second-order valence-corrected chi connectivity index (χ2v) is 9.48. The Morgan fingerprint density at radius 1 is 1.17 bits per heavy atom. The smallest absolute Gasteiger partial charge is 0.307 e. The number of Topliss-reactive ketones (excluding diaryl/α,β-unsaturated/α-hetero) is 1. The van der Waals surface area contributed by atoms with Crippen LogP contribution in [0.15, 0.2) is 36.4 Å². The number of aliphatic carboxylic acids is 1. The lowest BCUT2D eigenvalue weighted by Crippen LogP contribution is -2.20. The van der Waals surface area contributed by atoms with Gasteiger partial charge >= 0.3 is 5.97 Å². The van der Waals surface area contributed by atoms with Crippen LogP contribution < -0.4 is 0 Å². The van der Waals surface area contributed by atoms with Crippen molar-refractivity contribution < 1.29 is 19.8 Å². The molecular weight excluding hydrogens is 364 g/mol. The van der Waals surface area contributed by atoms with Gasteiger partial charge in [-0.05, 0) is 67.0 Å². The molecule has 0 radical (unpaired) electrons. The summed E-state index contributed by atoms with van der Waals surface area (Å²) >= 11 is 0. The number of carbonyl (C=O) groups is 2. The zero-order valence-electron chi connectivity index (χ0n) is 18.3. The SMILES string of the molecule is CC(C)(C)O.Cc1cc2ccccc2c(C2=CC(C)(C)CCC2=O)c1CC(=O)O. The highest BCUT2D eigenvalue weighted by Gasteiger charge is 2.29. The Morgan fingerprint density at radius 3 is 2.34 bits per heavy atom. The average molecular weight is 397 g/mol. The zero-order chi connectivity index (χ0) is 22.0. The van der Waals surface area contributed by atoms with Crippen LogP contribution in [0.4, 0.5) is 0 Å². The van der Waals surface area contributed by atoms with Crippen molar-refractivity contribution in [3.05, 3.63) is 53.1 Å². The molecule has 0 unspecified atom stereocenters. The molecule has 0 bridgehead atoms. The fraction of sp³-hybridized carbons (Fsp3) is 0.440. The van der Waals surface area contributed by atoms with Gasteiger partial charge in [0.2, 0.25) is 0 Å². The first-order chi connectivity index (χ1) is 13.3. The van der Waals surface area contributed by atoms with Gasteiger partial charge in [0.25, 0.3) is 0 Å². The van der Waals surface area contributed by atoms with Crippen LogP contribution in [0.25, 0.3) is 16.3 Å². The molecule has 2 aromatic carbocycles. The van der Waals surface area contributed by atoms with Crippen LogP contribution in [0, 0.1) is 12.3 Å². The lowest BCUT2D eigenvalue weighted by molar-refractivity contribution is -0.136. The van der Waals surface area contributed by atoms with Crippen molar-refractivity contribution >= 4 is 28.1 Å². The van der Waals surface area contributed by atoms with Gasteiger partial charge in [-0.3, -0.25) is 9.59 Å². The molecule has 4 nitrogen and oxygen atoms in total. The third kappa shape index (κ3) is 6.26. The summed E-state index contributed by atoms with van der Waals surface area (Å²) < 4.78 is 0. The number of carboxylic acid groups (broad SMARTS) is 1. The Balaban J connectivity index is 0.000000537. The third-order valence-corrected chi connectivity index (χ3v) is 4.81. The van der Waals surface area contributed by atoms with Gasteiger partial charge in [0.15, 0.2) is 5.78 Å². The lowest BCUT2D eigenvalue weighted by atomic mass is 9.75. The second kappa shape index (κ2) is 8.50. The summed E-state index contributed by atoms with van der Waals surface area (Å²) in [6.07, 6.45) is 3.30. The van der Waals surface area contributed by atoms with E-state index >= 15 is 0 Å². The van der Waals surface area contributed by atoms with Gasteiger partial charge in [-0.15, -0.1) is 0 Å². The molecule has 0 aliphatic heterocycles. The predicted molar refractivity (Wildman–Crippen MR) is 118 cm³/mol. The summed E-state index contributed by atoms with van der Waals surface area (Å²) in [5, 5.41) is 19.9. The molecule has 156 valence electrons. The fourth-order valence-corrected chi connectivity index (χ4v) is 3.54. The molecule has 3 rings (SSSR count). The predicted octanol–water partition coefficient (Wildman–Crippen LogP) is 5.33. The first-order valence-corrected chi connectivity index (χ1v) is 10.0. The molecule has 0 amide bonds. The van der Waals surface area contributed by atoms with Crippen molar-refractivity contribution in [2.75, 3.05) is 0 Å². The molecule has 0 aromatic heterocycles. The number of hydrogen-bond acceptors (Lipinski definition) is 3. The van der Waals surface area contributed by atoms with Gasteiger partial charge in [0, 0.05) is 12.0 Å². The maximum absolute atomic E-state index is 12.7. The van der Waals surface area contributed by atoms with Crippen LogP contribution in [-0.4, -0.2) is 27.6 Å². The van der Waals surface area contributed by atoms with E-state index in [9.17, 15) is 14.7 Å². The van der Waals surface area contributed by atoms with Crippen molar-refractivity contribution in [3.8, 4) is 0 Å². The number of ketones is 1. The molecular formula is C25H32O4. The summed E-state index contributed by atoms with van der Waals surface area (Å²) in [6, 6.07) is 9.89. The van der Waals surface area contributed by atoms with Gasteiger partial charge in [0.05, 0.1) is 12.0 Å². The van der Waals surface area contributed by atoms with Crippen LogP contribution in [0.2, 0.25) is 0 Å². The Bertz CT molecular complexity index is 953. The molecule has 29 heavy (non-hydrogen) atoms. The monoisotopic (exact) mass is 396 g/mol. The molecule has 1 aliphatic rings. The fourth-order valence-electron chi connectivity index (χ4n) is 3.54. The molecule has 0 saturated carbocycles. The van der Waals surface area contributed by atoms with E-state index in [1.54, 1.807) is 20.8 Å². The zero-order valence-corrected chi connectivity index (χ0v) is 18.3. The first-order valence-electron chi connectivity index (χ1n) is 10.0. The Hall–Kier alpha value is -2.46. The molecule has 0 fully saturated rings. The Labute approximate surface area is 173 Å². The van der Waals surface area contributed by atoms with Crippen molar-refractivity contribution in [2.45, 2.75) is 66.4 Å². The quantitative estimate of drug-likeness (QED) is 0.736. The number of aryl methyl sites for hydroxylation is 1. The number of allylic oxidation sites excluding steroid dienone is 2. The molecule has 0 heterocycles. The highest BCUT2D eigenvalue weighted by atomic mass is 16.4. The van der Waals surface area contributed by atoms with Gasteiger partial charge in [0.1, 0.15) is 0 Å². The molecule has 4 heteroatoms. The molecule has 0 saturated heterocycles. The first kappa shape index (κ1) is 22.8. The lowest BCUT2D eigenvalue weighted by Gasteiger charge is -2.28. The van der Waals surface area contributed by atoms with E-state index in [4.69, 9.17) is 5.11 Å². The van der Waals surface area contributed by atoms with Crippen molar-refractivity contribution in [1.82, 2.24) is 0 Å².